The highest BCUT2D eigenvalue weighted by Crippen LogP contribution is 2.35. The van der Waals surface area contributed by atoms with Gasteiger partial charge in [-0.2, -0.15) is 0 Å². The van der Waals surface area contributed by atoms with Crippen molar-refractivity contribution in [1.82, 2.24) is 0 Å². The summed E-state index contributed by atoms with van der Waals surface area (Å²) in [6.07, 6.45) is 4.23. The van der Waals surface area contributed by atoms with Gasteiger partial charge >= 0.3 is 5.97 Å². The number of thiophene rings is 1. The molecule has 0 saturated heterocycles. The lowest BCUT2D eigenvalue weighted by molar-refractivity contribution is -0.114. The zero-order valence-corrected chi connectivity index (χ0v) is 14.8. The second-order valence-electron chi connectivity index (χ2n) is 5.55. The molecule has 22 heavy (non-hydrogen) atoms. The van der Waals surface area contributed by atoms with Gasteiger partial charge in [-0.15, -0.1) is 11.3 Å². The Balaban J connectivity index is 2.93. The molecule has 0 aliphatic carbocycles. The summed E-state index contributed by atoms with van der Waals surface area (Å²) in [6.45, 7) is 9.84. The highest BCUT2D eigenvalue weighted by molar-refractivity contribution is 7.16. The summed E-state index contributed by atoms with van der Waals surface area (Å²) in [5.74, 6) is -0.238. The van der Waals surface area contributed by atoms with Crippen LogP contribution in [0.5, 0.6) is 0 Å². The summed E-state index contributed by atoms with van der Waals surface area (Å²) in [5, 5.41) is 3.31. The summed E-state index contributed by atoms with van der Waals surface area (Å²) < 4.78 is 5.06. The van der Waals surface area contributed by atoms with Gasteiger partial charge in [0.25, 0.3) is 0 Å². The molecule has 1 N–H and O–H groups in total. The largest absolute Gasteiger partial charge is 0.462 e. The van der Waals surface area contributed by atoms with Crippen molar-refractivity contribution >= 4 is 28.2 Å². The number of ether oxygens (including phenoxy) is 1. The first-order valence-corrected chi connectivity index (χ1v) is 8.38. The lowest BCUT2D eigenvalue weighted by Crippen LogP contribution is -2.10. The fourth-order valence-electron chi connectivity index (χ4n) is 2.03. The van der Waals surface area contributed by atoms with Crippen LogP contribution in [-0.4, -0.2) is 18.5 Å². The number of anilines is 1. The molecular weight excluding hydrogens is 298 g/mol. The first-order chi connectivity index (χ1) is 10.3. The number of hydrogen-bond acceptors (Lipinski definition) is 4. The van der Waals surface area contributed by atoms with Crippen LogP contribution in [0.3, 0.4) is 0 Å². The van der Waals surface area contributed by atoms with Crippen LogP contribution in [0, 0.1) is 0 Å². The third-order valence-corrected chi connectivity index (χ3v) is 4.46. The van der Waals surface area contributed by atoms with Crippen LogP contribution in [0.1, 0.15) is 68.6 Å². The van der Waals surface area contributed by atoms with Crippen molar-refractivity contribution in [2.24, 2.45) is 0 Å². The van der Waals surface area contributed by atoms with Crippen LogP contribution in [0.15, 0.2) is 17.7 Å². The van der Waals surface area contributed by atoms with Crippen LogP contribution in [0.2, 0.25) is 0 Å². The summed E-state index contributed by atoms with van der Waals surface area (Å²) in [6, 6.07) is 1.85. The Kier molecular flexibility index (Phi) is 7.32. The van der Waals surface area contributed by atoms with E-state index in [1.165, 1.54) is 23.8 Å². The molecule has 5 heteroatoms. The van der Waals surface area contributed by atoms with Crippen molar-refractivity contribution in [2.75, 3.05) is 11.9 Å². The molecule has 1 aromatic rings. The number of carbonyl (C=O) groups is 2. The molecule has 1 atom stereocenters. The SMILES string of the molecule is CCOC(=O)c1cc([C@@H](C)CCC=C(C)C)sc1NC(C)=O. The van der Waals surface area contributed by atoms with Gasteiger partial charge in [-0.05, 0) is 45.6 Å². The van der Waals surface area contributed by atoms with Crippen molar-refractivity contribution < 1.29 is 14.3 Å². The van der Waals surface area contributed by atoms with Gasteiger partial charge in [0.1, 0.15) is 5.00 Å². The van der Waals surface area contributed by atoms with Gasteiger partial charge in [0.2, 0.25) is 5.91 Å². The number of esters is 1. The predicted octanol–water partition coefficient (Wildman–Crippen LogP) is 4.73. The molecule has 122 valence electrons. The molecule has 0 fully saturated rings. The van der Waals surface area contributed by atoms with Gasteiger partial charge in [-0.3, -0.25) is 4.79 Å². The average molecular weight is 323 g/mol. The number of nitrogens with one attached hydrogen (secondary N) is 1. The summed E-state index contributed by atoms with van der Waals surface area (Å²) in [4.78, 5) is 24.4. The molecule has 1 heterocycles. The topological polar surface area (TPSA) is 55.4 Å². The van der Waals surface area contributed by atoms with Gasteiger partial charge in [0.15, 0.2) is 0 Å². The Morgan fingerprint density at radius 3 is 2.59 bits per heavy atom. The van der Waals surface area contributed by atoms with E-state index in [4.69, 9.17) is 4.74 Å². The van der Waals surface area contributed by atoms with Crippen molar-refractivity contribution in [2.45, 2.75) is 53.4 Å². The third-order valence-electron chi connectivity index (χ3n) is 3.17. The molecule has 0 aliphatic heterocycles. The van der Waals surface area contributed by atoms with Crippen molar-refractivity contribution in [1.29, 1.82) is 0 Å². The lowest BCUT2D eigenvalue weighted by Gasteiger charge is -2.07. The molecule has 1 amide bonds. The molecule has 0 spiro atoms. The Morgan fingerprint density at radius 2 is 2.05 bits per heavy atom. The second-order valence-corrected chi connectivity index (χ2v) is 6.64. The van der Waals surface area contributed by atoms with Crippen molar-refractivity contribution in [3.05, 3.63) is 28.2 Å². The van der Waals surface area contributed by atoms with E-state index in [1.54, 1.807) is 6.92 Å². The van der Waals surface area contributed by atoms with Crippen molar-refractivity contribution in [3.8, 4) is 0 Å². The van der Waals surface area contributed by atoms with Crippen LogP contribution < -0.4 is 5.32 Å². The second kappa shape index (κ2) is 8.73. The van der Waals surface area contributed by atoms with E-state index in [0.29, 0.717) is 23.1 Å². The zero-order chi connectivity index (χ0) is 16.7. The highest BCUT2D eigenvalue weighted by atomic mass is 32.1. The molecule has 1 aromatic heterocycles. The molecule has 0 radical (unpaired) electrons. The number of amides is 1. The van der Waals surface area contributed by atoms with E-state index in [9.17, 15) is 9.59 Å². The van der Waals surface area contributed by atoms with Crippen LogP contribution in [0.25, 0.3) is 0 Å². The molecule has 0 aliphatic rings. The normalized spacial score (nSPS) is 11.7. The maximum absolute atomic E-state index is 12.0. The van der Waals surface area contributed by atoms with Gasteiger partial charge in [-0.1, -0.05) is 18.6 Å². The maximum Gasteiger partial charge on any atom is 0.341 e. The number of hydrogen-bond donors (Lipinski definition) is 1. The highest BCUT2D eigenvalue weighted by Gasteiger charge is 2.20. The van der Waals surface area contributed by atoms with Crippen molar-refractivity contribution in [3.63, 3.8) is 0 Å². The Labute approximate surface area is 136 Å². The molecular formula is C17H25NO3S. The van der Waals surface area contributed by atoms with E-state index in [1.807, 2.05) is 6.07 Å². The minimum Gasteiger partial charge on any atom is -0.462 e. The van der Waals surface area contributed by atoms with E-state index < -0.39 is 0 Å². The van der Waals surface area contributed by atoms with Gasteiger partial charge in [0, 0.05) is 11.8 Å². The Bertz CT molecular complexity index is 556. The summed E-state index contributed by atoms with van der Waals surface area (Å²) >= 11 is 1.46. The van der Waals surface area contributed by atoms with E-state index in [2.05, 4.69) is 32.2 Å². The molecule has 0 bridgehead atoms. The molecule has 0 aromatic carbocycles. The van der Waals surface area contributed by atoms with Crippen LogP contribution >= 0.6 is 11.3 Å². The van der Waals surface area contributed by atoms with E-state index in [-0.39, 0.29) is 11.9 Å². The van der Waals surface area contributed by atoms with Crippen LogP contribution in [-0.2, 0) is 9.53 Å². The van der Waals surface area contributed by atoms with Crippen LogP contribution in [0.4, 0.5) is 5.00 Å². The minimum atomic E-state index is -0.384. The molecule has 0 unspecified atom stereocenters. The zero-order valence-electron chi connectivity index (χ0n) is 14.0. The number of allylic oxidation sites excluding steroid dienone is 2. The number of carbonyl (C=O) groups excluding carboxylic acids is 2. The maximum atomic E-state index is 12.0. The first kappa shape index (κ1) is 18.4. The molecule has 4 nitrogen and oxygen atoms in total. The standard InChI is InChI=1S/C17H25NO3S/c1-6-21-17(20)14-10-15(22-16(14)18-13(5)19)12(4)9-7-8-11(2)3/h8,10,12H,6-7,9H2,1-5H3,(H,18,19)/t12-/m0/s1. The monoisotopic (exact) mass is 323 g/mol. The van der Waals surface area contributed by atoms with Gasteiger partial charge in [-0.25, -0.2) is 4.79 Å². The summed E-state index contributed by atoms with van der Waals surface area (Å²) in [7, 11) is 0. The Hall–Kier alpha value is -1.62. The van der Waals surface area contributed by atoms with E-state index >= 15 is 0 Å². The smallest absolute Gasteiger partial charge is 0.341 e. The first-order valence-electron chi connectivity index (χ1n) is 7.56. The van der Waals surface area contributed by atoms with Gasteiger partial charge < -0.3 is 10.1 Å². The fraction of sp³-hybridized carbons (Fsp3) is 0.529. The molecule has 0 saturated carbocycles. The summed E-state index contributed by atoms with van der Waals surface area (Å²) in [5.41, 5.74) is 1.76. The van der Waals surface area contributed by atoms with E-state index in [0.717, 1.165) is 17.7 Å². The average Bonchev–Trinajstić information content (AvgIpc) is 2.81. The lowest BCUT2D eigenvalue weighted by atomic mass is 10.0. The number of rotatable bonds is 7. The fourth-order valence-corrected chi connectivity index (χ4v) is 3.21. The molecule has 1 rings (SSSR count). The minimum absolute atomic E-state index is 0.184. The predicted molar refractivity (Wildman–Crippen MR) is 91.7 cm³/mol. The quantitative estimate of drug-likeness (QED) is 0.583. The Morgan fingerprint density at radius 1 is 1.36 bits per heavy atom. The van der Waals surface area contributed by atoms with Gasteiger partial charge in [0.05, 0.1) is 12.2 Å². The third kappa shape index (κ3) is 5.64.